The highest BCUT2D eigenvalue weighted by Crippen LogP contribution is 2.45. The molecule has 5 aromatic rings. The van der Waals surface area contributed by atoms with Gasteiger partial charge < -0.3 is 18.9 Å². The van der Waals surface area contributed by atoms with Crippen molar-refractivity contribution in [2.45, 2.75) is 111 Å². The van der Waals surface area contributed by atoms with Crippen molar-refractivity contribution in [3.8, 4) is 39.5 Å². The molecule has 5 rings (SSSR count). The lowest BCUT2D eigenvalue weighted by Crippen LogP contribution is -2.12. The first-order chi connectivity index (χ1) is 27.0. The molecule has 0 saturated heterocycles. The Morgan fingerprint density at radius 2 is 0.891 bits per heavy atom. The van der Waals surface area contributed by atoms with Gasteiger partial charge in [-0.15, -0.1) is 0 Å². The predicted octanol–water partition coefficient (Wildman–Crippen LogP) is 14.1. The second-order valence-corrected chi connectivity index (χ2v) is 14.8. The lowest BCUT2D eigenvalue weighted by Gasteiger charge is -2.19. The van der Waals surface area contributed by atoms with Gasteiger partial charge in [0.05, 0.1) is 13.2 Å². The second kappa shape index (κ2) is 22.6. The minimum atomic E-state index is -0.413. The zero-order valence-electron chi connectivity index (χ0n) is 33.6. The topological polar surface area (TPSA) is 54.0 Å². The summed E-state index contributed by atoms with van der Waals surface area (Å²) in [6, 6.07) is 32.0. The Morgan fingerprint density at radius 3 is 1.38 bits per heavy atom. The van der Waals surface area contributed by atoms with E-state index in [1.807, 2.05) is 6.07 Å². The summed E-state index contributed by atoms with van der Waals surface area (Å²) in [4.78, 5) is 11.9. The van der Waals surface area contributed by atoms with Crippen LogP contribution in [0.1, 0.15) is 111 Å². The van der Waals surface area contributed by atoms with Crippen LogP contribution in [0.3, 0.4) is 0 Å². The van der Waals surface area contributed by atoms with Crippen molar-refractivity contribution in [2.75, 3.05) is 26.4 Å². The molecule has 0 aliphatic rings. The first-order valence-electron chi connectivity index (χ1n) is 20.9. The van der Waals surface area contributed by atoms with Crippen molar-refractivity contribution < 1.29 is 23.7 Å². The van der Waals surface area contributed by atoms with Crippen LogP contribution in [0.5, 0.6) is 17.2 Å². The minimum absolute atomic E-state index is 0.146. The molecule has 0 aliphatic carbocycles. The molecule has 0 N–H and O–H groups in total. The molecule has 0 radical (unpaired) electrons. The van der Waals surface area contributed by atoms with Crippen molar-refractivity contribution in [3.05, 3.63) is 103 Å². The Morgan fingerprint density at radius 1 is 0.473 bits per heavy atom. The Labute approximate surface area is 330 Å². The maximum absolute atomic E-state index is 11.9. The lowest BCUT2D eigenvalue weighted by atomic mass is 9.86. The molecule has 5 nitrogen and oxygen atoms in total. The zero-order chi connectivity index (χ0) is 38.7. The Kier molecular flexibility index (Phi) is 17.0. The molecule has 0 unspecified atom stereocenters. The third-order valence-corrected chi connectivity index (χ3v) is 10.2. The van der Waals surface area contributed by atoms with Crippen molar-refractivity contribution >= 4 is 27.5 Å². The largest absolute Gasteiger partial charge is 0.494 e. The number of unbranched alkanes of at least 4 members (excludes halogenated alkanes) is 12. The number of benzene rings is 5. The molecule has 0 saturated carbocycles. The van der Waals surface area contributed by atoms with Crippen LogP contribution in [0.25, 0.3) is 43.8 Å². The van der Waals surface area contributed by atoms with Crippen LogP contribution in [-0.2, 0) is 9.53 Å². The number of ether oxygens (including phenoxy) is 4. The van der Waals surface area contributed by atoms with Gasteiger partial charge in [-0.1, -0.05) is 152 Å². The number of fused-ring (bicyclic) bond motifs is 2. The molecule has 0 fully saturated rings. The average molecular weight is 743 g/mol. The van der Waals surface area contributed by atoms with Gasteiger partial charge in [0.15, 0.2) is 0 Å². The molecule has 0 bridgehead atoms. The predicted molar refractivity (Wildman–Crippen MR) is 231 cm³/mol. The SMILES string of the molecule is C=C(C)C(=O)OCCOc1ccc2c(-c3ccc(OCCCCCCCCCC)cc3)c3ccccc3c(-c3ccc(OCCCCCCCC)cc3)c2c1. The van der Waals surface area contributed by atoms with Gasteiger partial charge in [-0.3, -0.25) is 0 Å². The van der Waals surface area contributed by atoms with E-state index in [2.05, 4.69) is 105 Å². The quantitative estimate of drug-likeness (QED) is 0.0258. The van der Waals surface area contributed by atoms with Crippen LogP contribution in [0.2, 0.25) is 0 Å². The second-order valence-electron chi connectivity index (χ2n) is 14.8. The van der Waals surface area contributed by atoms with E-state index in [-0.39, 0.29) is 13.2 Å². The summed E-state index contributed by atoms with van der Waals surface area (Å²) >= 11 is 0. The summed E-state index contributed by atoms with van der Waals surface area (Å²) in [5.74, 6) is 2.09. The normalized spacial score (nSPS) is 11.2. The van der Waals surface area contributed by atoms with Crippen molar-refractivity contribution in [2.24, 2.45) is 0 Å². The first-order valence-corrected chi connectivity index (χ1v) is 20.9. The van der Waals surface area contributed by atoms with Gasteiger partial charge >= 0.3 is 5.97 Å². The van der Waals surface area contributed by atoms with Gasteiger partial charge in [0.1, 0.15) is 30.5 Å². The lowest BCUT2D eigenvalue weighted by molar-refractivity contribution is -0.139. The summed E-state index contributed by atoms with van der Waals surface area (Å²) in [6.45, 7) is 11.7. The average Bonchev–Trinajstić information content (AvgIpc) is 3.21. The van der Waals surface area contributed by atoms with E-state index in [1.165, 1.54) is 88.0 Å². The summed E-state index contributed by atoms with van der Waals surface area (Å²) in [5, 5.41) is 4.56. The summed E-state index contributed by atoms with van der Waals surface area (Å²) in [6.07, 6.45) is 17.7. The Hall–Kier alpha value is -4.77. The summed E-state index contributed by atoms with van der Waals surface area (Å²) in [7, 11) is 0. The van der Waals surface area contributed by atoms with E-state index < -0.39 is 5.97 Å². The van der Waals surface area contributed by atoms with Gasteiger partial charge in [-0.05, 0) is 100.0 Å². The fraction of sp³-hybridized carbons (Fsp3) is 0.420. The maximum atomic E-state index is 11.9. The van der Waals surface area contributed by atoms with Gasteiger partial charge in [0.25, 0.3) is 0 Å². The minimum Gasteiger partial charge on any atom is -0.494 e. The van der Waals surface area contributed by atoms with Gasteiger partial charge in [0.2, 0.25) is 0 Å². The zero-order valence-corrected chi connectivity index (χ0v) is 33.6. The number of carbonyl (C=O) groups is 1. The molecule has 55 heavy (non-hydrogen) atoms. The van der Waals surface area contributed by atoms with Crippen LogP contribution in [0, 0.1) is 0 Å². The molecular formula is C50H62O5. The number of hydrogen-bond acceptors (Lipinski definition) is 5. The molecule has 5 aromatic carbocycles. The van der Waals surface area contributed by atoms with Crippen LogP contribution in [0.4, 0.5) is 0 Å². The highest BCUT2D eigenvalue weighted by Gasteiger charge is 2.18. The van der Waals surface area contributed by atoms with Crippen LogP contribution in [0.15, 0.2) is 103 Å². The molecule has 0 aliphatic heterocycles. The van der Waals surface area contributed by atoms with Crippen LogP contribution >= 0.6 is 0 Å². The monoisotopic (exact) mass is 742 g/mol. The first kappa shape index (κ1) is 41.4. The Balaban J connectivity index is 1.39. The number of rotatable bonds is 25. The molecule has 292 valence electrons. The highest BCUT2D eigenvalue weighted by atomic mass is 16.6. The Bertz CT molecular complexity index is 1930. The van der Waals surface area contributed by atoms with Gasteiger partial charge in [0, 0.05) is 5.57 Å². The molecule has 0 amide bonds. The number of hydrogen-bond donors (Lipinski definition) is 0. The number of esters is 1. The van der Waals surface area contributed by atoms with Gasteiger partial charge in [-0.2, -0.15) is 0 Å². The van der Waals surface area contributed by atoms with E-state index in [0.29, 0.717) is 11.3 Å². The van der Waals surface area contributed by atoms with Crippen LogP contribution in [-0.4, -0.2) is 32.4 Å². The standard InChI is InChI=1S/C50H62O5/c1-5-7-9-11-13-14-16-20-34-53-41-27-23-39(24-28-41)48-44-21-17-18-22-45(44)49(40-25-29-42(30-26-40)52-33-19-15-12-10-8-6-2)47-37-43(31-32-46(47)48)54-35-36-55-50(51)38(3)4/h17-18,21-32,37H,3,5-16,19-20,33-36H2,1-2,4H3. The van der Waals surface area contributed by atoms with Crippen molar-refractivity contribution in [3.63, 3.8) is 0 Å². The van der Waals surface area contributed by atoms with Crippen molar-refractivity contribution in [1.29, 1.82) is 0 Å². The fourth-order valence-corrected chi connectivity index (χ4v) is 7.22. The molecular weight excluding hydrogens is 681 g/mol. The maximum Gasteiger partial charge on any atom is 0.333 e. The smallest absolute Gasteiger partial charge is 0.333 e. The molecule has 0 atom stereocenters. The van der Waals surface area contributed by atoms with E-state index in [0.717, 1.165) is 70.4 Å². The van der Waals surface area contributed by atoms with E-state index >= 15 is 0 Å². The third-order valence-electron chi connectivity index (χ3n) is 10.2. The fourth-order valence-electron chi connectivity index (χ4n) is 7.22. The molecule has 0 aromatic heterocycles. The highest BCUT2D eigenvalue weighted by molar-refractivity contribution is 6.21. The van der Waals surface area contributed by atoms with Gasteiger partial charge in [-0.25, -0.2) is 4.79 Å². The summed E-state index contributed by atoms with van der Waals surface area (Å²) in [5.41, 5.74) is 4.92. The van der Waals surface area contributed by atoms with Crippen molar-refractivity contribution in [1.82, 2.24) is 0 Å². The van der Waals surface area contributed by atoms with E-state index in [4.69, 9.17) is 18.9 Å². The number of carbonyl (C=O) groups excluding carboxylic acids is 1. The van der Waals surface area contributed by atoms with E-state index in [9.17, 15) is 4.79 Å². The van der Waals surface area contributed by atoms with E-state index in [1.54, 1.807) is 6.92 Å². The molecule has 5 heteroatoms. The molecule has 0 heterocycles. The summed E-state index contributed by atoms with van der Waals surface area (Å²) < 4.78 is 23.8. The third kappa shape index (κ3) is 12.4. The molecule has 0 spiro atoms. The van der Waals surface area contributed by atoms with Crippen LogP contribution < -0.4 is 14.2 Å².